The van der Waals surface area contributed by atoms with E-state index in [0.29, 0.717) is 0 Å². The maximum Gasteiger partial charge on any atom is 0.387 e. The predicted molar refractivity (Wildman–Crippen MR) is 138 cm³/mol. The van der Waals surface area contributed by atoms with Crippen molar-refractivity contribution in [3.05, 3.63) is 83.3 Å². The van der Waals surface area contributed by atoms with Crippen molar-refractivity contribution in [2.45, 2.75) is 44.5 Å². The Hall–Kier alpha value is -3.19. The summed E-state index contributed by atoms with van der Waals surface area (Å²) in [6.07, 6.45) is -0.189. The molecule has 1 atom stereocenters. The molecule has 3 rings (SSSR count). The summed E-state index contributed by atoms with van der Waals surface area (Å²) in [6, 6.07) is 13.9. The Morgan fingerprint density at radius 2 is 1.74 bits per heavy atom. The zero-order chi connectivity index (χ0) is 27.7. The van der Waals surface area contributed by atoms with Crippen LogP contribution in [0.5, 0.6) is 5.75 Å². The van der Waals surface area contributed by atoms with E-state index in [9.17, 15) is 26.7 Å². The molecule has 2 aromatic carbocycles. The molecule has 0 amide bonds. The lowest BCUT2D eigenvalue weighted by atomic mass is 10.1. The summed E-state index contributed by atoms with van der Waals surface area (Å²) in [5.41, 5.74) is 2.13. The fourth-order valence-electron chi connectivity index (χ4n) is 3.64. The number of aliphatic hydroxyl groups is 1. The van der Waals surface area contributed by atoms with E-state index in [4.69, 9.17) is 0 Å². The molecule has 0 spiro atoms. The normalized spacial score (nSPS) is 12.6. The second-order valence-electron chi connectivity index (χ2n) is 8.45. The molecule has 1 aromatic heterocycles. The molecule has 3 N–H and O–H groups in total. The first-order valence-electron chi connectivity index (χ1n) is 12.0. The van der Waals surface area contributed by atoms with Crippen LogP contribution in [-0.4, -0.2) is 49.7 Å². The van der Waals surface area contributed by atoms with E-state index in [-0.39, 0.29) is 35.1 Å². The average Bonchev–Trinajstić information content (AvgIpc) is 2.90. The first-order valence-corrected chi connectivity index (χ1v) is 13.5. The molecule has 1 heterocycles. The summed E-state index contributed by atoms with van der Waals surface area (Å²) < 4.78 is 71.5. The standard InChI is InChI=1S/C26H31F3N4O4S/c1-3-33(4-2)17-19-10-8-18(9-11-19)14-32-38(35,36)22-13-23(27)25(30-15-22)31-16-24(34)20-6-5-7-21(12-20)37-26(28)29/h5-13,15,24,26,32,34H,3-4,14,16-17H2,1-2H3,(H,30,31). The number of pyridine rings is 1. The number of anilines is 1. The SMILES string of the molecule is CCN(CC)Cc1ccc(CNS(=O)(=O)c2cnc(NCC(O)c3cccc(OC(F)F)c3)c(F)c2)cc1. The maximum atomic E-state index is 14.6. The number of nitrogens with zero attached hydrogens (tertiary/aromatic N) is 2. The minimum atomic E-state index is -4.04. The van der Waals surface area contributed by atoms with Gasteiger partial charge in [-0.3, -0.25) is 4.90 Å². The summed E-state index contributed by atoms with van der Waals surface area (Å²) in [4.78, 5) is 5.75. The number of halogens is 3. The highest BCUT2D eigenvalue weighted by Gasteiger charge is 2.18. The van der Waals surface area contributed by atoms with Crippen molar-refractivity contribution >= 4 is 15.8 Å². The Morgan fingerprint density at radius 3 is 2.37 bits per heavy atom. The Morgan fingerprint density at radius 1 is 1.05 bits per heavy atom. The number of alkyl halides is 2. The largest absolute Gasteiger partial charge is 0.435 e. The number of sulfonamides is 1. The second kappa shape index (κ2) is 13.6. The van der Waals surface area contributed by atoms with Gasteiger partial charge in [0.05, 0.1) is 6.10 Å². The average molecular weight is 553 g/mol. The third kappa shape index (κ3) is 8.42. The van der Waals surface area contributed by atoms with Crippen molar-refractivity contribution in [3.63, 3.8) is 0 Å². The third-order valence-corrected chi connectivity index (χ3v) is 7.22. The van der Waals surface area contributed by atoms with Crippen molar-refractivity contribution in [2.75, 3.05) is 25.0 Å². The molecule has 0 bridgehead atoms. The lowest BCUT2D eigenvalue weighted by molar-refractivity contribution is -0.0499. The minimum absolute atomic E-state index is 0.0238. The Bertz CT molecular complexity index is 1290. The molecule has 0 saturated heterocycles. The Labute approximate surface area is 220 Å². The lowest BCUT2D eigenvalue weighted by Crippen LogP contribution is -2.24. The number of aromatic nitrogens is 1. The minimum Gasteiger partial charge on any atom is -0.435 e. The summed E-state index contributed by atoms with van der Waals surface area (Å²) in [5.74, 6) is -1.33. The van der Waals surface area contributed by atoms with Gasteiger partial charge in [-0.1, -0.05) is 50.2 Å². The molecule has 0 aliphatic carbocycles. The van der Waals surface area contributed by atoms with Crippen LogP contribution in [0.1, 0.15) is 36.6 Å². The quantitative estimate of drug-likeness (QED) is 0.274. The van der Waals surface area contributed by atoms with E-state index in [2.05, 4.69) is 38.5 Å². The fraction of sp³-hybridized carbons (Fsp3) is 0.346. The number of hydrogen-bond acceptors (Lipinski definition) is 7. The molecule has 1 unspecified atom stereocenters. The van der Waals surface area contributed by atoms with Gasteiger partial charge in [0, 0.05) is 25.8 Å². The molecule has 8 nitrogen and oxygen atoms in total. The summed E-state index contributed by atoms with van der Waals surface area (Å²) in [7, 11) is -4.04. The Balaban J connectivity index is 1.58. The second-order valence-corrected chi connectivity index (χ2v) is 10.2. The van der Waals surface area contributed by atoms with Crippen LogP contribution in [0.3, 0.4) is 0 Å². The fourth-order valence-corrected chi connectivity index (χ4v) is 4.61. The van der Waals surface area contributed by atoms with Gasteiger partial charge in [-0.25, -0.2) is 22.5 Å². The number of aliphatic hydroxyl groups excluding tert-OH is 1. The van der Waals surface area contributed by atoms with Crippen molar-refractivity contribution < 1.29 is 31.4 Å². The van der Waals surface area contributed by atoms with Crippen LogP contribution in [0.4, 0.5) is 19.0 Å². The van der Waals surface area contributed by atoms with Crippen LogP contribution in [0.2, 0.25) is 0 Å². The first kappa shape index (κ1) is 29.4. The number of ether oxygens (including phenoxy) is 1. The van der Waals surface area contributed by atoms with Gasteiger partial charge in [-0.05, 0) is 48.0 Å². The number of nitrogens with one attached hydrogen (secondary N) is 2. The molecule has 206 valence electrons. The number of rotatable bonds is 14. The maximum absolute atomic E-state index is 14.6. The van der Waals surface area contributed by atoms with Crippen LogP contribution in [0, 0.1) is 5.82 Å². The van der Waals surface area contributed by atoms with Gasteiger partial charge >= 0.3 is 6.61 Å². The van der Waals surface area contributed by atoms with Gasteiger partial charge in [-0.15, -0.1) is 0 Å². The van der Waals surface area contributed by atoms with Crippen LogP contribution in [0.25, 0.3) is 0 Å². The van der Waals surface area contributed by atoms with Gasteiger partial charge in [0.2, 0.25) is 10.0 Å². The molecule has 0 radical (unpaired) electrons. The number of hydrogen-bond donors (Lipinski definition) is 3. The summed E-state index contributed by atoms with van der Waals surface area (Å²) >= 11 is 0. The molecule has 0 saturated carbocycles. The molecule has 0 aliphatic heterocycles. The van der Waals surface area contributed by atoms with Gasteiger partial charge in [0.25, 0.3) is 0 Å². The number of benzene rings is 2. The van der Waals surface area contributed by atoms with Gasteiger partial charge in [0.1, 0.15) is 10.6 Å². The highest BCUT2D eigenvalue weighted by Crippen LogP contribution is 2.22. The molecule has 3 aromatic rings. The van der Waals surface area contributed by atoms with E-state index in [1.165, 1.54) is 24.3 Å². The van der Waals surface area contributed by atoms with E-state index >= 15 is 0 Å². The van der Waals surface area contributed by atoms with E-state index < -0.39 is 28.6 Å². The van der Waals surface area contributed by atoms with Crippen molar-refractivity contribution in [3.8, 4) is 5.75 Å². The van der Waals surface area contributed by atoms with Gasteiger partial charge in [0.15, 0.2) is 11.6 Å². The molecule has 0 aliphatic rings. The van der Waals surface area contributed by atoms with Gasteiger partial charge in [-0.2, -0.15) is 8.78 Å². The zero-order valence-electron chi connectivity index (χ0n) is 21.1. The highest BCUT2D eigenvalue weighted by molar-refractivity contribution is 7.89. The van der Waals surface area contributed by atoms with E-state index in [1.807, 2.05) is 24.3 Å². The monoisotopic (exact) mass is 552 g/mol. The summed E-state index contributed by atoms with van der Waals surface area (Å²) in [6.45, 7) is 3.66. The predicted octanol–water partition coefficient (Wildman–Crippen LogP) is 4.29. The molecule has 0 fully saturated rings. The van der Waals surface area contributed by atoms with Crippen LogP contribution < -0.4 is 14.8 Å². The van der Waals surface area contributed by atoms with E-state index in [0.717, 1.165) is 43.0 Å². The third-order valence-electron chi connectivity index (χ3n) is 5.85. The smallest absolute Gasteiger partial charge is 0.387 e. The molecule has 12 heteroatoms. The van der Waals surface area contributed by atoms with Gasteiger partial charge < -0.3 is 15.2 Å². The van der Waals surface area contributed by atoms with Crippen LogP contribution in [0.15, 0.2) is 65.7 Å². The molecular formula is C26H31F3N4O4S. The lowest BCUT2D eigenvalue weighted by Gasteiger charge is -2.18. The summed E-state index contributed by atoms with van der Waals surface area (Å²) in [5, 5.41) is 12.9. The zero-order valence-corrected chi connectivity index (χ0v) is 21.9. The van der Waals surface area contributed by atoms with Crippen molar-refractivity contribution in [1.29, 1.82) is 0 Å². The van der Waals surface area contributed by atoms with E-state index in [1.54, 1.807) is 0 Å². The highest BCUT2D eigenvalue weighted by atomic mass is 32.2. The van der Waals surface area contributed by atoms with Crippen molar-refractivity contribution in [2.24, 2.45) is 0 Å². The Kier molecular flexibility index (Phi) is 10.5. The molecule has 38 heavy (non-hydrogen) atoms. The van der Waals surface area contributed by atoms with Crippen LogP contribution in [-0.2, 0) is 23.1 Å². The molecular weight excluding hydrogens is 521 g/mol. The topological polar surface area (TPSA) is 104 Å². The van der Waals surface area contributed by atoms with Crippen molar-refractivity contribution in [1.82, 2.24) is 14.6 Å². The van der Waals surface area contributed by atoms with Crippen LogP contribution >= 0.6 is 0 Å². The first-order chi connectivity index (χ1) is 18.1.